The Balaban J connectivity index is 1.33. The molecule has 192 valence electrons. The largest absolute Gasteiger partial charge is 0.488 e. The summed E-state index contributed by atoms with van der Waals surface area (Å²) in [4.78, 5) is 27.3. The number of hydrogen-bond donors (Lipinski definition) is 1. The average molecular weight is 514 g/mol. The summed E-state index contributed by atoms with van der Waals surface area (Å²) in [6.07, 6.45) is -0.559. The standard InChI is InChI=1S/C28H32ClNO6/c1-15-9-22(30(13-15)27(33)36-28(2,3)4)26(32)35-23-8-5-16-11-21-19-7-6-18(29)10-17(19)14-34-24(21)12-20(16)25(23)31/h6-7,10-12,15,22-23,25,31H,5,8-9,13-14H2,1-4H3/t15-,22-,23?,25?/m0/s1. The van der Waals surface area contributed by atoms with E-state index in [1.807, 2.05) is 31.2 Å². The fourth-order valence-corrected chi connectivity index (χ4v) is 5.56. The highest BCUT2D eigenvalue weighted by Crippen LogP contribution is 2.44. The van der Waals surface area contributed by atoms with Crippen molar-refractivity contribution in [3.63, 3.8) is 0 Å². The second-order valence-corrected chi connectivity index (χ2v) is 11.5. The second-order valence-electron chi connectivity index (χ2n) is 11.1. The molecule has 3 aliphatic rings. The molecule has 36 heavy (non-hydrogen) atoms. The fraction of sp³-hybridized carbons (Fsp3) is 0.500. The van der Waals surface area contributed by atoms with Gasteiger partial charge in [-0.2, -0.15) is 0 Å². The van der Waals surface area contributed by atoms with Gasteiger partial charge in [-0.15, -0.1) is 0 Å². The first-order chi connectivity index (χ1) is 17.0. The molecule has 4 atom stereocenters. The third kappa shape index (κ3) is 4.78. The minimum absolute atomic E-state index is 0.147. The number of amides is 1. The Morgan fingerprint density at radius 2 is 1.92 bits per heavy atom. The molecule has 7 nitrogen and oxygen atoms in total. The van der Waals surface area contributed by atoms with Crippen LogP contribution in [0.3, 0.4) is 0 Å². The molecule has 1 saturated heterocycles. The maximum atomic E-state index is 13.2. The Labute approximate surface area is 216 Å². The predicted octanol–water partition coefficient (Wildman–Crippen LogP) is 5.44. The van der Waals surface area contributed by atoms with Gasteiger partial charge in [0.05, 0.1) is 0 Å². The lowest BCUT2D eigenvalue weighted by Gasteiger charge is -2.33. The number of aryl methyl sites for hydroxylation is 1. The molecule has 2 aromatic rings. The van der Waals surface area contributed by atoms with Crippen molar-refractivity contribution < 1.29 is 28.9 Å². The molecular weight excluding hydrogens is 482 g/mol. The number of benzene rings is 2. The SMILES string of the molecule is C[C@H]1C[C@@H](C(=O)OC2CCc3cc4c(cc3C2O)OCc2cc(Cl)ccc2-4)N(C(=O)OC(C)(C)C)C1. The molecule has 2 aliphatic heterocycles. The highest BCUT2D eigenvalue weighted by molar-refractivity contribution is 6.30. The molecule has 5 rings (SSSR count). The van der Waals surface area contributed by atoms with Crippen LogP contribution in [0.1, 0.15) is 63.3 Å². The van der Waals surface area contributed by atoms with Gasteiger partial charge in [0.15, 0.2) is 0 Å². The number of likely N-dealkylation sites (tertiary alicyclic amines) is 1. The number of fused-ring (bicyclic) bond motifs is 4. The summed E-state index contributed by atoms with van der Waals surface area (Å²) in [5.74, 6) is 0.335. The van der Waals surface area contributed by atoms with E-state index in [1.54, 1.807) is 20.8 Å². The molecule has 0 saturated carbocycles. The van der Waals surface area contributed by atoms with Gasteiger partial charge in [-0.25, -0.2) is 9.59 Å². The van der Waals surface area contributed by atoms with Crippen LogP contribution in [0.15, 0.2) is 30.3 Å². The van der Waals surface area contributed by atoms with Gasteiger partial charge in [-0.3, -0.25) is 4.90 Å². The van der Waals surface area contributed by atoms with Gasteiger partial charge >= 0.3 is 12.1 Å². The van der Waals surface area contributed by atoms with E-state index < -0.39 is 35.9 Å². The Hall–Kier alpha value is -2.77. The normalized spacial score (nSPS) is 24.8. The van der Waals surface area contributed by atoms with E-state index >= 15 is 0 Å². The summed E-state index contributed by atoms with van der Waals surface area (Å²) >= 11 is 6.15. The number of rotatable bonds is 2. The first-order valence-electron chi connectivity index (χ1n) is 12.5. The van der Waals surface area contributed by atoms with Crippen molar-refractivity contribution in [3.8, 4) is 16.9 Å². The summed E-state index contributed by atoms with van der Waals surface area (Å²) in [7, 11) is 0. The topological polar surface area (TPSA) is 85.3 Å². The van der Waals surface area contributed by atoms with Gasteiger partial charge in [0.1, 0.15) is 36.2 Å². The van der Waals surface area contributed by atoms with E-state index in [-0.39, 0.29) is 5.92 Å². The lowest BCUT2D eigenvalue weighted by molar-refractivity contribution is -0.161. The van der Waals surface area contributed by atoms with Crippen molar-refractivity contribution >= 4 is 23.7 Å². The van der Waals surface area contributed by atoms with E-state index in [2.05, 4.69) is 6.07 Å². The minimum atomic E-state index is -0.980. The van der Waals surface area contributed by atoms with Crippen molar-refractivity contribution in [1.29, 1.82) is 0 Å². The number of esters is 1. The number of carbonyl (C=O) groups excluding carboxylic acids is 2. The molecule has 1 amide bonds. The number of ether oxygens (including phenoxy) is 3. The molecule has 2 unspecified atom stereocenters. The van der Waals surface area contributed by atoms with E-state index in [4.69, 9.17) is 25.8 Å². The van der Waals surface area contributed by atoms with Gasteiger partial charge in [-0.1, -0.05) is 24.6 Å². The van der Waals surface area contributed by atoms with Crippen LogP contribution in [0, 0.1) is 5.92 Å². The maximum absolute atomic E-state index is 13.2. The molecular formula is C28H32ClNO6. The van der Waals surface area contributed by atoms with Crippen LogP contribution in [0.2, 0.25) is 5.02 Å². The van der Waals surface area contributed by atoms with Crippen molar-refractivity contribution in [1.82, 2.24) is 4.90 Å². The van der Waals surface area contributed by atoms with Gasteiger partial charge in [0.2, 0.25) is 0 Å². The highest BCUT2D eigenvalue weighted by atomic mass is 35.5. The summed E-state index contributed by atoms with van der Waals surface area (Å²) in [5.41, 5.74) is 4.13. The van der Waals surface area contributed by atoms with Gasteiger partial charge in [-0.05, 0) is 92.5 Å². The van der Waals surface area contributed by atoms with Crippen LogP contribution in [0.5, 0.6) is 5.75 Å². The first kappa shape index (κ1) is 24.9. The second kappa shape index (κ2) is 9.27. The first-order valence-corrected chi connectivity index (χ1v) is 12.8. The Morgan fingerprint density at radius 1 is 1.14 bits per heavy atom. The average Bonchev–Trinajstić information content (AvgIpc) is 3.21. The van der Waals surface area contributed by atoms with Crippen molar-refractivity contribution in [2.75, 3.05) is 6.54 Å². The monoisotopic (exact) mass is 513 g/mol. The van der Waals surface area contributed by atoms with Crippen LogP contribution in [-0.4, -0.2) is 46.4 Å². The maximum Gasteiger partial charge on any atom is 0.411 e. The minimum Gasteiger partial charge on any atom is -0.488 e. The molecule has 0 bridgehead atoms. The number of carbonyl (C=O) groups is 2. The quantitative estimate of drug-likeness (QED) is 0.538. The molecule has 1 aliphatic carbocycles. The molecule has 2 heterocycles. The molecule has 0 spiro atoms. The van der Waals surface area contributed by atoms with Crippen LogP contribution in [0.4, 0.5) is 4.79 Å². The fourth-order valence-electron chi connectivity index (χ4n) is 5.36. The summed E-state index contributed by atoms with van der Waals surface area (Å²) in [6, 6.07) is 8.96. The molecule has 1 N–H and O–H groups in total. The number of halogens is 1. The zero-order valence-corrected chi connectivity index (χ0v) is 21.8. The van der Waals surface area contributed by atoms with Crippen LogP contribution >= 0.6 is 11.6 Å². The number of aliphatic hydroxyl groups is 1. The van der Waals surface area contributed by atoms with E-state index in [0.29, 0.717) is 48.7 Å². The van der Waals surface area contributed by atoms with Crippen LogP contribution < -0.4 is 4.74 Å². The molecule has 1 fully saturated rings. The summed E-state index contributed by atoms with van der Waals surface area (Å²) in [6.45, 7) is 8.21. The van der Waals surface area contributed by atoms with Crippen molar-refractivity contribution in [2.24, 2.45) is 5.92 Å². The third-order valence-electron chi connectivity index (χ3n) is 7.03. The Kier molecular flexibility index (Phi) is 6.41. The lowest BCUT2D eigenvalue weighted by atomic mass is 9.84. The van der Waals surface area contributed by atoms with E-state index in [1.165, 1.54) is 4.90 Å². The van der Waals surface area contributed by atoms with E-state index in [0.717, 1.165) is 22.3 Å². The van der Waals surface area contributed by atoms with Gasteiger partial charge < -0.3 is 19.3 Å². The van der Waals surface area contributed by atoms with Crippen molar-refractivity contribution in [2.45, 2.75) is 77.4 Å². The van der Waals surface area contributed by atoms with Crippen LogP contribution in [0.25, 0.3) is 11.1 Å². The summed E-state index contributed by atoms with van der Waals surface area (Å²) < 4.78 is 17.3. The third-order valence-corrected chi connectivity index (χ3v) is 7.26. The van der Waals surface area contributed by atoms with E-state index in [9.17, 15) is 14.7 Å². The number of aliphatic hydroxyl groups excluding tert-OH is 1. The van der Waals surface area contributed by atoms with Crippen molar-refractivity contribution in [3.05, 3.63) is 52.0 Å². The Bertz CT molecular complexity index is 1210. The zero-order valence-electron chi connectivity index (χ0n) is 21.0. The molecule has 8 heteroatoms. The molecule has 0 aromatic heterocycles. The Morgan fingerprint density at radius 3 is 2.67 bits per heavy atom. The zero-order chi connectivity index (χ0) is 25.8. The molecule has 2 aromatic carbocycles. The number of hydrogen-bond acceptors (Lipinski definition) is 6. The van der Waals surface area contributed by atoms with Gasteiger partial charge in [0, 0.05) is 17.1 Å². The smallest absolute Gasteiger partial charge is 0.411 e. The predicted molar refractivity (Wildman–Crippen MR) is 135 cm³/mol. The highest BCUT2D eigenvalue weighted by Gasteiger charge is 2.43. The lowest BCUT2D eigenvalue weighted by Crippen LogP contribution is -2.45. The molecule has 0 radical (unpaired) electrons. The van der Waals surface area contributed by atoms with Crippen LogP contribution in [-0.2, 0) is 27.3 Å². The van der Waals surface area contributed by atoms with Gasteiger partial charge in [0.25, 0.3) is 0 Å². The summed E-state index contributed by atoms with van der Waals surface area (Å²) in [5, 5.41) is 11.8. The number of nitrogens with zero attached hydrogens (tertiary/aromatic N) is 1.